The lowest BCUT2D eigenvalue weighted by molar-refractivity contribution is 0.331. The Hall–Kier alpha value is -3.68. The molecule has 2 aliphatic rings. The van der Waals surface area contributed by atoms with Crippen molar-refractivity contribution in [1.82, 2.24) is 0 Å². The molecule has 5 rings (SSSR count). The minimum atomic E-state index is 0.120. The summed E-state index contributed by atoms with van der Waals surface area (Å²) < 4.78 is 10.9. The predicted molar refractivity (Wildman–Crippen MR) is 139 cm³/mol. The molecule has 3 aromatic rings. The van der Waals surface area contributed by atoms with Crippen LogP contribution in [0, 0.1) is 18.3 Å². The lowest BCUT2D eigenvalue weighted by Gasteiger charge is -2.37. The van der Waals surface area contributed by atoms with Crippen LogP contribution in [0.1, 0.15) is 35.1 Å². The summed E-state index contributed by atoms with van der Waals surface area (Å²) >= 11 is 6.37. The van der Waals surface area contributed by atoms with Crippen LogP contribution in [-0.2, 0) is 0 Å². The van der Waals surface area contributed by atoms with Crippen LogP contribution >= 0.6 is 11.6 Å². The van der Waals surface area contributed by atoms with Crippen LogP contribution in [0.15, 0.2) is 77.8 Å². The highest BCUT2D eigenvalue weighted by Crippen LogP contribution is 2.49. The van der Waals surface area contributed by atoms with Gasteiger partial charge < -0.3 is 14.8 Å². The van der Waals surface area contributed by atoms with E-state index in [0.717, 1.165) is 17.7 Å². The van der Waals surface area contributed by atoms with E-state index in [1.807, 2.05) is 6.07 Å². The maximum Gasteiger partial charge on any atom is 0.181 e. The van der Waals surface area contributed by atoms with Crippen LogP contribution in [0.4, 0.5) is 11.4 Å². The summed E-state index contributed by atoms with van der Waals surface area (Å²) in [5, 5.41) is 4.20. The van der Waals surface area contributed by atoms with Crippen molar-refractivity contribution in [2.45, 2.75) is 18.4 Å². The van der Waals surface area contributed by atoms with Gasteiger partial charge in [0.15, 0.2) is 11.5 Å². The van der Waals surface area contributed by atoms with Crippen molar-refractivity contribution in [1.29, 1.82) is 0 Å². The maximum atomic E-state index is 6.37. The highest BCUT2D eigenvalue weighted by Gasteiger charge is 2.37. The van der Waals surface area contributed by atoms with Crippen LogP contribution in [0.2, 0.25) is 5.02 Å². The van der Waals surface area contributed by atoms with E-state index in [1.165, 1.54) is 16.8 Å². The second kappa shape index (κ2) is 9.67. The lowest BCUT2D eigenvalue weighted by atomic mass is 9.77. The van der Waals surface area contributed by atoms with Crippen LogP contribution in [-0.4, -0.2) is 19.9 Å². The average molecular weight is 469 g/mol. The molecule has 3 atom stereocenters. The fourth-order valence-electron chi connectivity index (χ4n) is 4.86. The number of rotatable bonds is 6. The number of terminal acetylenes is 1. The number of nitrogens with one attached hydrogen (secondary N) is 1. The van der Waals surface area contributed by atoms with Gasteiger partial charge in [0.1, 0.15) is 6.61 Å². The number of hydrogen-bond donors (Lipinski definition) is 1. The van der Waals surface area contributed by atoms with E-state index in [2.05, 4.69) is 76.9 Å². The molecule has 0 amide bonds. The Morgan fingerprint density at radius 2 is 2.00 bits per heavy atom. The van der Waals surface area contributed by atoms with Gasteiger partial charge in [-0.25, -0.2) is 0 Å². The molecule has 3 aromatic carbocycles. The first-order valence-electron chi connectivity index (χ1n) is 11.3. The molecule has 5 heteroatoms. The first kappa shape index (κ1) is 22.1. The van der Waals surface area contributed by atoms with Gasteiger partial charge in [0.25, 0.3) is 0 Å². The Balaban J connectivity index is 1.34. The fourth-order valence-corrected chi connectivity index (χ4v) is 5.13. The molecular formula is C29H25ClN2O2. The molecule has 34 heavy (non-hydrogen) atoms. The Morgan fingerprint density at radius 3 is 2.79 bits per heavy atom. The van der Waals surface area contributed by atoms with Gasteiger partial charge in [-0.3, -0.25) is 4.99 Å². The second-order valence-electron chi connectivity index (χ2n) is 8.44. The molecule has 0 fully saturated rings. The summed E-state index contributed by atoms with van der Waals surface area (Å²) in [4.78, 5) is 4.63. The largest absolute Gasteiger partial charge is 0.493 e. The monoisotopic (exact) mass is 468 g/mol. The molecule has 0 saturated carbocycles. The van der Waals surface area contributed by atoms with Crippen molar-refractivity contribution >= 4 is 29.2 Å². The number of anilines is 1. The van der Waals surface area contributed by atoms with Gasteiger partial charge in [0.05, 0.1) is 23.9 Å². The van der Waals surface area contributed by atoms with Gasteiger partial charge in [-0.2, -0.15) is 0 Å². The molecule has 1 heterocycles. The van der Waals surface area contributed by atoms with E-state index in [9.17, 15) is 0 Å². The standard InChI is InChI=1S/C29H25ClN2O2/c1-3-15-34-29-25(30)16-19(17-27(29)33-2)18-31-21-13-11-20(12-14-21)28-24-9-6-8-22(24)23-7-4-5-10-26(23)32-28/h1,4-8,10-14,16-18,22,24,28,32H,9,15H2,2H3/t22-,24-,28+/m1/s1. The molecule has 170 valence electrons. The molecule has 0 radical (unpaired) electrons. The molecule has 0 unspecified atom stereocenters. The number of ether oxygens (including phenoxy) is 2. The zero-order valence-electron chi connectivity index (χ0n) is 18.9. The summed E-state index contributed by atoms with van der Waals surface area (Å²) in [6.07, 6.45) is 12.8. The fraction of sp³-hybridized carbons (Fsp3) is 0.207. The van der Waals surface area contributed by atoms with Gasteiger partial charge in [-0.15, -0.1) is 6.42 Å². The van der Waals surface area contributed by atoms with Crippen molar-refractivity contribution < 1.29 is 9.47 Å². The third kappa shape index (κ3) is 4.27. The lowest BCUT2D eigenvalue weighted by Crippen LogP contribution is -2.28. The number of benzene rings is 3. The minimum Gasteiger partial charge on any atom is -0.493 e. The minimum absolute atomic E-state index is 0.120. The first-order valence-corrected chi connectivity index (χ1v) is 11.7. The molecule has 1 aliphatic heterocycles. The van der Waals surface area contributed by atoms with Crippen molar-refractivity contribution in [2.24, 2.45) is 10.9 Å². The Kier molecular flexibility index (Phi) is 6.29. The summed E-state index contributed by atoms with van der Waals surface area (Å²) in [7, 11) is 1.57. The Labute approximate surface area is 205 Å². The number of aliphatic imine (C=N–C) groups is 1. The van der Waals surface area contributed by atoms with Crippen molar-refractivity contribution in [3.05, 3.63) is 94.5 Å². The molecule has 1 aliphatic carbocycles. The summed E-state index contributed by atoms with van der Waals surface area (Å²) in [6, 6.07) is 20.9. The van der Waals surface area contributed by atoms with Gasteiger partial charge in [-0.05, 0) is 59.4 Å². The normalized spacial score (nSPS) is 20.3. The second-order valence-corrected chi connectivity index (χ2v) is 8.85. The van der Waals surface area contributed by atoms with E-state index in [0.29, 0.717) is 28.4 Å². The number of allylic oxidation sites excluding steroid dienone is 2. The SMILES string of the molecule is C#CCOc1c(Cl)cc(C=Nc2ccc([C@@H]3Nc4ccccc4[C@H]4C=CC[C@H]43)cc2)cc1OC. The predicted octanol–water partition coefficient (Wildman–Crippen LogP) is 6.94. The molecule has 4 nitrogen and oxygen atoms in total. The van der Waals surface area contributed by atoms with Gasteiger partial charge in [-0.1, -0.05) is 60.0 Å². The van der Waals surface area contributed by atoms with Crippen molar-refractivity contribution in [3.63, 3.8) is 0 Å². The molecular weight excluding hydrogens is 444 g/mol. The van der Waals surface area contributed by atoms with Gasteiger partial charge >= 0.3 is 0 Å². The quantitative estimate of drug-likeness (QED) is 0.242. The van der Waals surface area contributed by atoms with E-state index in [4.69, 9.17) is 27.5 Å². The topological polar surface area (TPSA) is 42.8 Å². The summed E-state index contributed by atoms with van der Waals surface area (Å²) in [6.45, 7) is 0.120. The van der Waals surface area contributed by atoms with E-state index < -0.39 is 0 Å². The molecule has 1 N–H and O–H groups in total. The van der Waals surface area contributed by atoms with Crippen LogP contribution in [0.5, 0.6) is 11.5 Å². The molecule has 0 aromatic heterocycles. The first-order chi connectivity index (χ1) is 16.7. The molecule has 0 spiro atoms. The van der Waals surface area contributed by atoms with E-state index in [-0.39, 0.29) is 12.6 Å². The molecule has 0 bridgehead atoms. The highest BCUT2D eigenvalue weighted by atomic mass is 35.5. The van der Waals surface area contributed by atoms with Crippen molar-refractivity contribution in [3.8, 4) is 23.8 Å². The third-order valence-electron chi connectivity index (χ3n) is 6.44. The zero-order valence-corrected chi connectivity index (χ0v) is 19.6. The summed E-state index contributed by atoms with van der Waals surface area (Å²) in [5.41, 5.74) is 5.56. The highest BCUT2D eigenvalue weighted by molar-refractivity contribution is 6.32. The van der Waals surface area contributed by atoms with Crippen LogP contribution < -0.4 is 14.8 Å². The van der Waals surface area contributed by atoms with Crippen LogP contribution in [0.3, 0.4) is 0 Å². The number of hydrogen-bond acceptors (Lipinski definition) is 4. The number of nitrogens with zero attached hydrogens (tertiary/aromatic N) is 1. The van der Waals surface area contributed by atoms with E-state index in [1.54, 1.807) is 19.4 Å². The number of para-hydroxylation sites is 1. The zero-order chi connectivity index (χ0) is 23.5. The van der Waals surface area contributed by atoms with E-state index >= 15 is 0 Å². The molecule has 0 saturated heterocycles. The number of methoxy groups -OCH3 is 1. The number of fused-ring (bicyclic) bond motifs is 3. The van der Waals surface area contributed by atoms with Crippen molar-refractivity contribution in [2.75, 3.05) is 19.0 Å². The van der Waals surface area contributed by atoms with Gasteiger partial charge in [0, 0.05) is 17.8 Å². The number of halogens is 1. The van der Waals surface area contributed by atoms with Crippen LogP contribution in [0.25, 0.3) is 0 Å². The average Bonchev–Trinajstić information content (AvgIpc) is 3.37. The van der Waals surface area contributed by atoms with Gasteiger partial charge in [0.2, 0.25) is 0 Å². The summed E-state index contributed by atoms with van der Waals surface area (Å²) in [5.74, 6) is 4.37. The smallest absolute Gasteiger partial charge is 0.181 e. The Morgan fingerprint density at radius 1 is 1.18 bits per heavy atom. The Bertz CT molecular complexity index is 1290. The third-order valence-corrected chi connectivity index (χ3v) is 6.72. The maximum absolute atomic E-state index is 6.37.